The monoisotopic (exact) mass is 215 g/mol. The van der Waals surface area contributed by atoms with E-state index in [9.17, 15) is 8.78 Å². The van der Waals surface area contributed by atoms with E-state index in [-0.39, 0.29) is 6.61 Å². The summed E-state index contributed by atoms with van der Waals surface area (Å²) < 4.78 is 28.1. The highest BCUT2D eigenvalue weighted by molar-refractivity contribution is 5.44. The summed E-state index contributed by atoms with van der Waals surface area (Å²) in [6.07, 6.45) is -2.38. The van der Waals surface area contributed by atoms with Crippen LogP contribution in [0.3, 0.4) is 0 Å². The summed E-state index contributed by atoms with van der Waals surface area (Å²) in [7, 11) is 0. The number of alkyl halides is 2. The van der Waals surface area contributed by atoms with Crippen LogP contribution in [0.25, 0.3) is 0 Å². The molecule has 4 heteroatoms. The molecule has 84 valence electrons. The molecule has 1 aromatic carbocycles. The minimum Gasteiger partial charge on any atom is -0.383 e. The lowest BCUT2D eigenvalue weighted by Crippen LogP contribution is -2.12. The lowest BCUT2D eigenvalue weighted by molar-refractivity contribution is 0.0215. The van der Waals surface area contributed by atoms with Gasteiger partial charge in [-0.2, -0.15) is 0 Å². The Kier molecular flexibility index (Phi) is 5.04. The Hall–Kier alpha value is -1.16. The quantitative estimate of drug-likeness (QED) is 0.737. The number of rotatable bonds is 6. The van der Waals surface area contributed by atoms with Crippen molar-refractivity contribution in [1.29, 1.82) is 0 Å². The normalized spacial score (nSPS) is 10.7. The van der Waals surface area contributed by atoms with Crippen LogP contribution in [-0.2, 0) is 4.74 Å². The molecule has 15 heavy (non-hydrogen) atoms. The van der Waals surface area contributed by atoms with Crippen LogP contribution in [0, 0.1) is 6.92 Å². The maximum Gasteiger partial charge on any atom is 0.261 e. The maximum absolute atomic E-state index is 11.7. The molecular weight excluding hydrogens is 200 g/mol. The number of halogens is 2. The second-order valence-corrected chi connectivity index (χ2v) is 3.26. The van der Waals surface area contributed by atoms with E-state index in [1.54, 1.807) is 0 Å². The lowest BCUT2D eigenvalue weighted by Gasteiger charge is -2.07. The topological polar surface area (TPSA) is 21.3 Å². The van der Waals surface area contributed by atoms with E-state index in [1.807, 2.05) is 31.2 Å². The molecule has 0 fully saturated rings. The van der Waals surface area contributed by atoms with Gasteiger partial charge in [-0.1, -0.05) is 17.7 Å². The van der Waals surface area contributed by atoms with E-state index in [0.717, 1.165) is 5.69 Å². The fourth-order valence-electron chi connectivity index (χ4n) is 1.11. The van der Waals surface area contributed by atoms with Gasteiger partial charge in [0.05, 0.1) is 6.61 Å². The van der Waals surface area contributed by atoms with Gasteiger partial charge in [0, 0.05) is 12.2 Å². The average Bonchev–Trinajstić information content (AvgIpc) is 2.20. The molecule has 0 saturated carbocycles. The first kappa shape index (κ1) is 11.9. The third-order valence-electron chi connectivity index (χ3n) is 1.87. The highest BCUT2D eigenvalue weighted by atomic mass is 19.3. The summed E-state index contributed by atoms with van der Waals surface area (Å²) in [4.78, 5) is 0. The van der Waals surface area contributed by atoms with E-state index < -0.39 is 13.0 Å². The first-order valence-corrected chi connectivity index (χ1v) is 4.85. The second-order valence-electron chi connectivity index (χ2n) is 3.26. The van der Waals surface area contributed by atoms with E-state index in [1.165, 1.54) is 5.56 Å². The van der Waals surface area contributed by atoms with Crippen LogP contribution in [-0.4, -0.2) is 26.2 Å². The predicted molar refractivity (Wildman–Crippen MR) is 56.5 cm³/mol. The summed E-state index contributed by atoms with van der Waals surface area (Å²) >= 11 is 0. The average molecular weight is 215 g/mol. The van der Waals surface area contributed by atoms with Crippen molar-refractivity contribution in [1.82, 2.24) is 0 Å². The zero-order valence-corrected chi connectivity index (χ0v) is 8.67. The molecule has 0 amide bonds. The Labute approximate surface area is 88.3 Å². The number of ether oxygens (including phenoxy) is 1. The molecule has 1 N–H and O–H groups in total. The van der Waals surface area contributed by atoms with Crippen LogP contribution in [0.1, 0.15) is 5.56 Å². The summed E-state index contributed by atoms with van der Waals surface area (Å²) in [6, 6.07) is 7.87. The van der Waals surface area contributed by atoms with Crippen molar-refractivity contribution in [2.24, 2.45) is 0 Å². The fraction of sp³-hybridized carbons (Fsp3) is 0.455. The van der Waals surface area contributed by atoms with Gasteiger partial charge >= 0.3 is 0 Å². The Bertz CT molecular complexity index is 274. The molecule has 0 radical (unpaired) electrons. The van der Waals surface area contributed by atoms with Gasteiger partial charge in [-0.05, 0) is 19.1 Å². The zero-order chi connectivity index (χ0) is 11.1. The van der Waals surface area contributed by atoms with Gasteiger partial charge in [0.2, 0.25) is 0 Å². The second kappa shape index (κ2) is 6.35. The van der Waals surface area contributed by atoms with Crippen molar-refractivity contribution in [3.8, 4) is 0 Å². The van der Waals surface area contributed by atoms with Crippen LogP contribution >= 0.6 is 0 Å². The molecule has 0 spiro atoms. The van der Waals surface area contributed by atoms with Crippen LogP contribution in [0.15, 0.2) is 24.3 Å². The number of benzene rings is 1. The van der Waals surface area contributed by atoms with Crippen molar-refractivity contribution in [3.63, 3.8) is 0 Å². The highest BCUT2D eigenvalue weighted by Gasteiger charge is 2.00. The Balaban J connectivity index is 2.12. The van der Waals surface area contributed by atoms with Crippen molar-refractivity contribution in [2.45, 2.75) is 13.3 Å². The molecule has 1 rings (SSSR count). The molecule has 0 unspecified atom stereocenters. The minimum atomic E-state index is -2.38. The molecule has 0 aromatic heterocycles. The molecule has 0 aliphatic carbocycles. The maximum atomic E-state index is 11.7. The van der Waals surface area contributed by atoms with Gasteiger partial charge in [0.15, 0.2) is 0 Å². The minimum absolute atomic E-state index is 0.290. The number of aryl methyl sites for hydroxylation is 1. The Morgan fingerprint density at radius 3 is 2.53 bits per heavy atom. The van der Waals surface area contributed by atoms with Crippen LogP contribution in [0.5, 0.6) is 0 Å². The summed E-state index contributed by atoms with van der Waals surface area (Å²) in [6.45, 7) is 2.35. The highest BCUT2D eigenvalue weighted by Crippen LogP contribution is 2.07. The molecule has 2 nitrogen and oxygen atoms in total. The van der Waals surface area contributed by atoms with Crippen LogP contribution < -0.4 is 5.32 Å². The molecule has 1 aromatic rings. The van der Waals surface area contributed by atoms with Gasteiger partial charge in [0.25, 0.3) is 6.43 Å². The zero-order valence-electron chi connectivity index (χ0n) is 8.67. The number of anilines is 1. The van der Waals surface area contributed by atoms with E-state index >= 15 is 0 Å². The number of hydrogen-bond donors (Lipinski definition) is 1. The van der Waals surface area contributed by atoms with Crippen molar-refractivity contribution >= 4 is 5.69 Å². The van der Waals surface area contributed by atoms with Crippen LogP contribution in [0.4, 0.5) is 14.5 Å². The molecule has 0 aliphatic rings. The Morgan fingerprint density at radius 1 is 1.27 bits per heavy atom. The van der Waals surface area contributed by atoms with Crippen molar-refractivity contribution in [3.05, 3.63) is 29.8 Å². The largest absolute Gasteiger partial charge is 0.383 e. The Morgan fingerprint density at radius 2 is 1.93 bits per heavy atom. The molecule has 0 heterocycles. The first-order valence-electron chi connectivity index (χ1n) is 4.85. The molecule has 0 bridgehead atoms. The van der Waals surface area contributed by atoms with E-state index in [4.69, 9.17) is 4.74 Å². The SMILES string of the molecule is Cc1ccc(NCCOCC(F)F)cc1. The smallest absolute Gasteiger partial charge is 0.261 e. The van der Waals surface area contributed by atoms with Crippen molar-refractivity contribution < 1.29 is 13.5 Å². The third-order valence-corrected chi connectivity index (χ3v) is 1.87. The standard InChI is InChI=1S/C11H15F2NO/c1-9-2-4-10(5-3-9)14-6-7-15-8-11(12)13/h2-5,11,14H,6-8H2,1H3. The molecule has 0 atom stereocenters. The van der Waals surface area contributed by atoms with Crippen molar-refractivity contribution in [2.75, 3.05) is 25.1 Å². The molecule has 0 aliphatic heterocycles. The summed E-state index contributed by atoms with van der Waals surface area (Å²) in [5.74, 6) is 0. The number of hydrogen-bond acceptors (Lipinski definition) is 2. The molecule has 0 saturated heterocycles. The number of nitrogens with one attached hydrogen (secondary N) is 1. The summed E-state index contributed by atoms with van der Waals surface area (Å²) in [5.41, 5.74) is 2.16. The van der Waals surface area contributed by atoms with Gasteiger partial charge in [-0.15, -0.1) is 0 Å². The van der Waals surface area contributed by atoms with Crippen LogP contribution in [0.2, 0.25) is 0 Å². The van der Waals surface area contributed by atoms with E-state index in [0.29, 0.717) is 6.54 Å². The van der Waals surface area contributed by atoms with Gasteiger partial charge in [-0.3, -0.25) is 0 Å². The first-order chi connectivity index (χ1) is 7.18. The summed E-state index contributed by atoms with van der Waals surface area (Å²) in [5, 5.41) is 3.08. The molecular formula is C11H15F2NO. The van der Waals surface area contributed by atoms with Gasteiger partial charge in [0.1, 0.15) is 6.61 Å². The lowest BCUT2D eigenvalue weighted by atomic mass is 10.2. The van der Waals surface area contributed by atoms with E-state index in [2.05, 4.69) is 5.32 Å². The fourth-order valence-corrected chi connectivity index (χ4v) is 1.11. The van der Waals surface area contributed by atoms with Gasteiger partial charge < -0.3 is 10.1 Å². The predicted octanol–water partition coefficient (Wildman–Crippen LogP) is 2.69. The van der Waals surface area contributed by atoms with Gasteiger partial charge in [-0.25, -0.2) is 8.78 Å². The third kappa shape index (κ3) is 5.32.